The molecule has 0 amide bonds. The Labute approximate surface area is 103 Å². The van der Waals surface area contributed by atoms with Crippen molar-refractivity contribution in [1.29, 1.82) is 0 Å². The van der Waals surface area contributed by atoms with Crippen LogP contribution in [0.4, 0.5) is 5.82 Å². The van der Waals surface area contributed by atoms with Crippen molar-refractivity contribution in [2.45, 2.75) is 45.1 Å². The Bertz CT molecular complexity index is 359. The van der Waals surface area contributed by atoms with Gasteiger partial charge in [0, 0.05) is 19.3 Å². The first-order valence-electron chi connectivity index (χ1n) is 6.36. The molecule has 94 valence electrons. The minimum Gasteiger partial charge on any atom is -0.393 e. The first kappa shape index (κ1) is 12.4. The van der Waals surface area contributed by atoms with Crippen LogP contribution < -0.4 is 4.90 Å². The van der Waals surface area contributed by atoms with Gasteiger partial charge in [-0.25, -0.2) is 4.98 Å². The molecule has 1 fully saturated rings. The summed E-state index contributed by atoms with van der Waals surface area (Å²) in [5.41, 5.74) is 1.42. The van der Waals surface area contributed by atoms with Crippen LogP contribution in [0.3, 0.4) is 0 Å². The van der Waals surface area contributed by atoms with Gasteiger partial charge in [0.2, 0.25) is 0 Å². The van der Waals surface area contributed by atoms with Crippen molar-refractivity contribution in [1.82, 2.24) is 4.98 Å². The van der Waals surface area contributed by atoms with Crippen LogP contribution in [0.15, 0.2) is 18.3 Å². The van der Waals surface area contributed by atoms with Crippen LogP contribution in [0.2, 0.25) is 0 Å². The lowest BCUT2D eigenvalue weighted by Crippen LogP contribution is -2.36. The zero-order chi connectivity index (χ0) is 12.5. The number of anilines is 1. The first-order valence-corrected chi connectivity index (χ1v) is 6.36. The topological polar surface area (TPSA) is 36.4 Å². The third-order valence-electron chi connectivity index (χ3n) is 3.40. The molecule has 0 atom stereocenters. The fourth-order valence-electron chi connectivity index (χ4n) is 2.11. The molecule has 0 saturated carbocycles. The minimum atomic E-state index is -0.125. The van der Waals surface area contributed by atoms with E-state index in [1.165, 1.54) is 5.56 Å². The van der Waals surface area contributed by atoms with Gasteiger partial charge >= 0.3 is 0 Å². The zero-order valence-corrected chi connectivity index (χ0v) is 11.0. The Morgan fingerprint density at radius 2 is 1.88 bits per heavy atom. The first-order chi connectivity index (χ1) is 7.97. The molecule has 3 heteroatoms. The number of hydrogen-bond acceptors (Lipinski definition) is 3. The second-order valence-electron chi connectivity index (χ2n) is 5.87. The second-order valence-corrected chi connectivity index (χ2v) is 5.87. The fraction of sp³-hybridized carbons (Fsp3) is 0.643. The van der Waals surface area contributed by atoms with Gasteiger partial charge < -0.3 is 10.0 Å². The number of nitrogens with zero attached hydrogens (tertiary/aromatic N) is 2. The lowest BCUT2D eigenvalue weighted by Gasteiger charge is -2.31. The van der Waals surface area contributed by atoms with Gasteiger partial charge in [0.25, 0.3) is 0 Å². The molecule has 0 radical (unpaired) electrons. The highest BCUT2D eigenvalue weighted by Gasteiger charge is 2.19. The highest BCUT2D eigenvalue weighted by Crippen LogP contribution is 2.24. The maximum absolute atomic E-state index is 9.48. The van der Waals surface area contributed by atoms with Gasteiger partial charge in [0.15, 0.2) is 0 Å². The van der Waals surface area contributed by atoms with E-state index in [-0.39, 0.29) is 11.5 Å². The van der Waals surface area contributed by atoms with E-state index in [1.54, 1.807) is 0 Å². The van der Waals surface area contributed by atoms with Crippen molar-refractivity contribution in [3.63, 3.8) is 0 Å². The molecule has 17 heavy (non-hydrogen) atoms. The minimum absolute atomic E-state index is 0.125. The molecule has 0 bridgehead atoms. The van der Waals surface area contributed by atoms with Crippen LogP contribution in [0.1, 0.15) is 39.2 Å². The number of hydrogen-bond donors (Lipinski definition) is 1. The number of piperidine rings is 1. The van der Waals surface area contributed by atoms with Gasteiger partial charge in [0.05, 0.1) is 6.10 Å². The average molecular weight is 234 g/mol. The Kier molecular flexibility index (Phi) is 3.38. The SMILES string of the molecule is CC(C)(C)c1ccc(N2CCC(O)CC2)nc1. The highest BCUT2D eigenvalue weighted by atomic mass is 16.3. The summed E-state index contributed by atoms with van der Waals surface area (Å²) < 4.78 is 0. The Morgan fingerprint density at radius 3 is 2.35 bits per heavy atom. The summed E-state index contributed by atoms with van der Waals surface area (Å²) in [6, 6.07) is 4.26. The second kappa shape index (κ2) is 4.65. The summed E-state index contributed by atoms with van der Waals surface area (Å²) in [6.45, 7) is 8.40. The Balaban J connectivity index is 2.08. The van der Waals surface area contributed by atoms with Crippen molar-refractivity contribution in [3.8, 4) is 0 Å². The van der Waals surface area contributed by atoms with Crippen molar-refractivity contribution < 1.29 is 5.11 Å². The number of aromatic nitrogens is 1. The highest BCUT2D eigenvalue weighted by molar-refractivity contribution is 5.40. The number of aliphatic hydroxyl groups is 1. The number of aliphatic hydroxyl groups excluding tert-OH is 1. The van der Waals surface area contributed by atoms with Crippen molar-refractivity contribution in [3.05, 3.63) is 23.9 Å². The summed E-state index contributed by atoms with van der Waals surface area (Å²) in [4.78, 5) is 6.79. The predicted molar refractivity (Wildman–Crippen MR) is 70.4 cm³/mol. The molecule has 0 spiro atoms. The molecule has 0 aliphatic carbocycles. The number of pyridine rings is 1. The third kappa shape index (κ3) is 2.97. The lowest BCUT2D eigenvalue weighted by molar-refractivity contribution is 0.145. The van der Waals surface area contributed by atoms with E-state index >= 15 is 0 Å². The largest absolute Gasteiger partial charge is 0.393 e. The van der Waals surface area contributed by atoms with Gasteiger partial charge in [-0.2, -0.15) is 0 Å². The maximum Gasteiger partial charge on any atom is 0.128 e. The van der Waals surface area contributed by atoms with Crippen LogP contribution in [-0.4, -0.2) is 29.3 Å². The molecule has 2 rings (SSSR count). The smallest absolute Gasteiger partial charge is 0.128 e. The Hall–Kier alpha value is -1.09. The van der Waals surface area contributed by atoms with Crippen LogP contribution in [-0.2, 0) is 5.41 Å². The van der Waals surface area contributed by atoms with Crippen LogP contribution in [0, 0.1) is 0 Å². The zero-order valence-electron chi connectivity index (χ0n) is 11.0. The predicted octanol–water partition coefficient (Wildman–Crippen LogP) is 2.34. The van der Waals surface area contributed by atoms with E-state index in [0.29, 0.717) is 0 Å². The summed E-state index contributed by atoms with van der Waals surface area (Å²) >= 11 is 0. The lowest BCUT2D eigenvalue weighted by atomic mass is 9.88. The summed E-state index contributed by atoms with van der Waals surface area (Å²) in [6.07, 6.45) is 3.55. The van der Waals surface area contributed by atoms with Gasteiger partial charge in [-0.05, 0) is 29.9 Å². The molecule has 0 aromatic carbocycles. The molecule has 0 unspecified atom stereocenters. The Morgan fingerprint density at radius 1 is 1.24 bits per heavy atom. The van der Waals surface area contributed by atoms with Crippen LogP contribution >= 0.6 is 0 Å². The van der Waals surface area contributed by atoms with Crippen LogP contribution in [0.5, 0.6) is 0 Å². The standard InChI is InChI=1S/C14H22N2O/c1-14(2,3)11-4-5-13(15-10-11)16-8-6-12(17)7-9-16/h4-5,10,12,17H,6-9H2,1-3H3. The van der Waals surface area contributed by atoms with E-state index < -0.39 is 0 Å². The molecular formula is C14H22N2O. The molecular weight excluding hydrogens is 212 g/mol. The molecule has 1 saturated heterocycles. The van der Waals surface area contributed by atoms with E-state index in [1.807, 2.05) is 6.20 Å². The van der Waals surface area contributed by atoms with E-state index in [2.05, 4.69) is 42.8 Å². The average Bonchev–Trinajstić information content (AvgIpc) is 2.29. The van der Waals surface area contributed by atoms with Crippen molar-refractivity contribution in [2.24, 2.45) is 0 Å². The molecule has 3 nitrogen and oxygen atoms in total. The van der Waals surface area contributed by atoms with Gasteiger partial charge in [0.1, 0.15) is 5.82 Å². The monoisotopic (exact) mass is 234 g/mol. The fourth-order valence-corrected chi connectivity index (χ4v) is 2.11. The quantitative estimate of drug-likeness (QED) is 0.810. The van der Waals surface area contributed by atoms with Gasteiger partial charge in [-0.15, -0.1) is 0 Å². The molecule has 2 heterocycles. The molecule has 1 aromatic heterocycles. The van der Waals surface area contributed by atoms with Gasteiger partial charge in [-0.1, -0.05) is 26.8 Å². The third-order valence-corrected chi connectivity index (χ3v) is 3.40. The molecule has 1 aliphatic rings. The van der Waals surface area contributed by atoms with E-state index in [4.69, 9.17) is 0 Å². The van der Waals surface area contributed by atoms with E-state index in [0.717, 1.165) is 31.7 Å². The summed E-state index contributed by atoms with van der Waals surface area (Å²) in [5.74, 6) is 1.03. The van der Waals surface area contributed by atoms with Gasteiger partial charge in [-0.3, -0.25) is 0 Å². The normalized spacial score (nSPS) is 18.5. The van der Waals surface area contributed by atoms with E-state index in [9.17, 15) is 5.11 Å². The van der Waals surface area contributed by atoms with Crippen molar-refractivity contribution >= 4 is 5.82 Å². The molecule has 1 N–H and O–H groups in total. The maximum atomic E-state index is 9.48. The summed E-state index contributed by atoms with van der Waals surface area (Å²) in [5, 5.41) is 9.48. The molecule has 1 aliphatic heterocycles. The van der Waals surface area contributed by atoms with Crippen molar-refractivity contribution in [2.75, 3.05) is 18.0 Å². The summed E-state index contributed by atoms with van der Waals surface area (Å²) in [7, 11) is 0. The van der Waals surface area contributed by atoms with Crippen LogP contribution in [0.25, 0.3) is 0 Å². The number of rotatable bonds is 1. The molecule has 1 aromatic rings.